The average molecular weight is 398 g/mol. The molecule has 0 aliphatic rings. The van der Waals surface area contributed by atoms with E-state index in [-0.39, 0.29) is 24.0 Å². The third-order valence-corrected chi connectivity index (χ3v) is 3.42. The Morgan fingerprint density at radius 1 is 1.47 bits per heavy atom. The zero-order chi connectivity index (χ0) is 13.2. The molecule has 0 atom stereocenters. The molecule has 1 aromatic heterocycles. The molecule has 0 aliphatic heterocycles. The van der Waals surface area contributed by atoms with Gasteiger partial charge in [0.25, 0.3) is 0 Å². The van der Waals surface area contributed by atoms with Crippen molar-refractivity contribution in [1.29, 1.82) is 0 Å². The molecule has 2 N–H and O–H groups in total. The highest BCUT2D eigenvalue weighted by Crippen LogP contribution is 2.09. The average Bonchev–Trinajstić information content (AvgIpc) is 2.86. The van der Waals surface area contributed by atoms with Crippen LogP contribution < -0.4 is 10.6 Å². The van der Waals surface area contributed by atoms with Crippen LogP contribution in [0.2, 0.25) is 0 Å². The van der Waals surface area contributed by atoms with E-state index in [0.717, 1.165) is 37.6 Å². The number of hydrogen-bond acceptors (Lipinski definition) is 4. The Balaban J connectivity index is 0.00000324. The second kappa shape index (κ2) is 11.4. The van der Waals surface area contributed by atoms with E-state index >= 15 is 0 Å². The summed E-state index contributed by atoms with van der Waals surface area (Å²) in [6.07, 6.45) is 1.96. The number of aliphatic imine (C=N–C) groups is 1. The largest absolute Gasteiger partial charge is 0.385 e. The van der Waals surface area contributed by atoms with Crippen molar-refractivity contribution in [3.63, 3.8) is 0 Å². The fraction of sp³-hybridized carbons (Fsp3) is 0.667. The summed E-state index contributed by atoms with van der Waals surface area (Å²) in [5, 5.41) is 9.74. The molecule has 1 heterocycles. The number of halogens is 1. The van der Waals surface area contributed by atoms with Gasteiger partial charge in [0.2, 0.25) is 0 Å². The lowest BCUT2D eigenvalue weighted by molar-refractivity contribution is 0.195. The Hall–Kier alpha value is -0.410. The van der Waals surface area contributed by atoms with Crippen LogP contribution >= 0.6 is 35.3 Å². The molecule has 0 fully saturated rings. The molecule has 0 radical (unpaired) electrons. The predicted octanol–water partition coefficient (Wildman–Crippen LogP) is 2.03. The standard InChI is InChI=1S/C12H22N4OS.HI/c1-4-11-16-10(9-18-11)8-15-12(13-2)14-6-5-7-17-3;/h9H,4-8H2,1-3H3,(H2,13,14,15);1H. The molecule has 0 bridgehead atoms. The van der Waals surface area contributed by atoms with Crippen molar-refractivity contribution in [2.24, 2.45) is 4.99 Å². The highest BCUT2D eigenvalue weighted by Gasteiger charge is 2.01. The van der Waals surface area contributed by atoms with Crippen LogP contribution in [0.15, 0.2) is 10.4 Å². The monoisotopic (exact) mass is 398 g/mol. The van der Waals surface area contributed by atoms with E-state index < -0.39 is 0 Å². The fourth-order valence-corrected chi connectivity index (χ4v) is 2.16. The smallest absolute Gasteiger partial charge is 0.191 e. The highest BCUT2D eigenvalue weighted by atomic mass is 127. The number of aromatic nitrogens is 1. The van der Waals surface area contributed by atoms with Crippen LogP contribution in [0.25, 0.3) is 0 Å². The summed E-state index contributed by atoms with van der Waals surface area (Å²) in [7, 11) is 3.48. The normalized spacial score (nSPS) is 11.0. The van der Waals surface area contributed by atoms with Crippen LogP contribution in [-0.4, -0.2) is 38.3 Å². The molecule has 7 heteroatoms. The maximum absolute atomic E-state index is 4.99. The van der Waals surface area contributed by atoms with Crippen LogP contribution in [0, 0.1) is 0 Å². The Morgan fingerprint density at radius 3 is 2.84 bits per heavy atom. The van der Waals surface area contributed by atoms with E-state index in [1.807, 2.05) is 0 Å². The minimum absolute atomic E-state index is 0. The lowest BCUT2D eigenvalue weighted by atomic mass is 10.4. The van der Waals surface area contributed by atoms with Crippen molar-refractivity contribution in [2.75, 3.05) is 27.3 Å². The predicted molar refractivity (Wildman–Crippen MR) is 91.6 cm³/mol. The molecule has 0 aromatic carbocycles. The van der Waals surface area contributed by atoms with Crippen molar-refractivity contribution in [2.45, 2.75) is 26.3 Å². The van der Waals surface area contributed by atoms with Gasteiger partial charge in [-0.05, 0) is 12.8 Å². The molecule has 1 rings (SSSR count). The third-order valence-electron chi connectivity index (χ3n) is 2.38. The summed E-state index contributed by atoms with van der Waals surface area (Å²) in [5.74, 6) is 0.803. The highest BCUT2D eigenvalue weighted by molar-refractivity contribution is 14.0. The van der Waals surface area contributed by atoms with E-state index in [4.69, 9.17) is 4.74 Å². The molecular weight excluding hydrogens is 375 g/mol. The number of hydrogen-bond donors (Lipinski definition) is 2. The third kappa shape index (κ3) is 7.68. The van der Waals surface area contributed by atoms with Crippen molar-refractivity contribution in [1.82, 2.24) is 15.6 Å². The molecular formula is C12H23IN4OS. The van der Waals surface area contributed by atoms with Crippen molar-refractivity contribution in [3.8, 4) is 0 Å². The maximum atomic E-state index is 4.99. The lowest BCUT2D eigenvalue weighted by Gasteiger charge is -2.10. The molecule has 1 aromatic rings. The number of methoxy groups -OCH3 is 1. The van der Waals surface area contributed by atoms with Gasteiger partial charge in [0.15, 0.2) is 5.96 Å². The van der Waals surface area contributed by atoms with Gasteiger partial charge >= 0.3 is 0 Å². The van der Waals surface area contributed by atoms with Crippen LogP contribution in [0.4, 0.5) is 0 Å². The Kier molecular flexibility index (Phi) is 11.2. The number of ether oxygens (including phenoxy) is 1. The van der Waals surface area contributed by atoms with E-state index in [9.17, 15) is 0 Å². The lowest BCUT2D eigenvalue weighted by Crippen LogP contribution is -2.37. The molecule has 19 heavy (non-hydrogen) atoms. The van der Waals surface area contributed by atoms with Gasteiger partial charge in [0, 0.05) is 32.7 Å². The van der Waals surface area contributed by atoms with Crippen molar-refractivity contribution >= 4 is 41.3 Å². The SMILES string of the molecule is CCc1nc(CNC(=NC)NCCCOC)cs1.I. The molecule has 0 saturated carbocycles. The van der Waals surface area contributed by atoms with Gasteiger partial charge in [-0.15, -0.1) is 35.3 Å². The van der Waals surface area contributed by atoms with Crippen LogP contribution in [0.3, 0.4) is 0 Å². The second-order valence-electron chi connectivity index (χ2n) is 3.79. The first-order valence-corrected chi connectivity index (χ1v) is 7.04. The molecule has 0 spiro atoms. The van der Waals surface area contributed by atoms with Gasteiger partial charge in [-0.3, -0.25) is 4.99 Å². The number of thiazole rings is 1. The molecule has 0 aliphatic carbocycles. The van der Waals surface area contributed by atoms with E-state index in [2.05, 4.69) is 32.9 Å². The first-order valence-electron chi connectivity index (χ1n) is 6.16. The fourth-order valence-electron chi connectivity index (χ4n) is 1.41. The first-order chi connectivity index (χ1) is 8.80. The molecule has 0 amide bonds. The Labute approximate surface area is 136 Å². The zero-order valence-corrected chi connectivity index (χ0v) is 14.9. The molecule has 0 unspecified atom stereocenters. The molecule has 110 valence electrons. The summed E-state index contributed by atoms with van der Waals surface area (Å²) < 4.78 is 4.99. The van der Waals surface area contributed by atoms with Crippen molar-refractivity contribution < 1.29 is 4.74 Å². The Morgan fingerprint density at radius 2 is 2.26 bits per heavy atom. The number of nitrogens with zero attached hydrogens (tertiary/aromatic N) is 2. The maximum Gasteiger partial charge on any atom is 0.191 e. The van der Waals surface area contributed by atoms with E-state index in [1.54, 1.807) is 25.5 Å². The topological polar surface area (TPSA) is 58.5 Å². The van der Waals surface area contributed by atoms with Crippen LogP contribution in [0.1, 0.15) is 24.0 Å². The number of rotatable bonds is 7. The molecule has 0 saturated heterocycles. The van der Waals surface area contributed by atoms with Gasteiger partial charge in [-0.25, -0.2) is 4.98 Å². The summed E-state index contributed by atoms with van der Waals surface area (Å²) in [5.41, 5.74) is 1.07. The second-order valence-corrected chi connectivity index (χ2v) is 4.73. The van der Waals surface area contributed by atoms with Gasteiger partial charge in [-0.2, -0.15) is 0 Å². The van der Waals surface area contributed by atoms with Gasteiger partial charge in [0.05, 0.1) is 17.2 Å². The summed E-state index contributed by atoms with van der Waals surface area (Å²) in [4.78, 5) is 8.65. The number of aryl methyl sites for hydroxylation is 1. The minimum atomic E-state index is 0. The number of guanidine groups is 1. The van der Waals surface area contributed by atoms with Gasteiger partial charge in [-0.1, -0.05) is 6.92 Å². The Bertz CT molecular complexity index is 370. The molecule has 5 nitrogen and oxygen atoms in total. The van der Waals surface area contributed by atoms with Gasteiger partial charge in [0.1, 0.15) is 0 Å². The van der Waals surface area contributed by atoms with Crippen molar-refractivity contribution in [3.05, 3.63) is 16.1 Å². The summed E-state index contributed by atoms with van der Waals surface area (Å²) in [6, 6.07) is 0. The summed E-state index contributed by atoms with van der Waals surface area (Å²) >= 11 is 1.71. The summed E-state index contributed by atoms with van der Waals surface area (Å²) in [6.45, 7) is 4.44. The minimum Gasteiger partial charge on any atom is -0.385 e. The van der Waals surface area contributed by atoms with Crippen LogP contribution in [0.5, 0.6) is 0 Å². The van der Waals surface area contributed by atoms with E-state index in [0.29, 0.717) is 6.54 Å². The van der Waals surface area contributed by atoms with Gasteiger partial charge < -0.3 is 15.4 Å². The quantitative estimate of drug-likeness (QED) is 0.319. The zero-order valence-electron chi connectivity index (χ0n) is 11.7. The first kappa shape index (κ1) is 18.6. The van der Waals surface area contributed by atoms with Crippen LogP contribution in [-0.2, 0) is 17.7 Å². The van der Waals surface area contributed by atoms with E-state index in [1.165, 1.54) is 5.01 Å². The number of nitrogens with one attached hydrogen (secondary N) is 2.